The summed E-state index contributed by atoms with van der Waals surface area (Å²) in [7, 11) is 0. The maximum Gasteiger partial charge on any atom is 2.00 e. The van der Waals surface area contributed by atoms with Crippen LogP contribution < -0.4 is 35.9 Å². The molecule has 0 radical (unpaired) electrons. The molecule has 6 heteroatoms. The number of pyridine rings is 1. The average Bonchev–Trinajstić information content (AvgIpc) is 2.47. The van der Waals surface area contributed by atoms with Crippen molar-refractivity contribution in [3.05, 3.63) is 42.1 Å². The van der Waals surface area contributed by atoms with Gasteiger partial charge in [0.2, 0.25) is 0 Å². The molecule has 1 aromatic carbocycles. The molecule has 0 fully saturated rings. The molecule has 1 aliphatic heterocycles. The predicted octanol–water partition coefficient (Wildman–Crippen LogP) is -2.09. The quantitative estimate of drug-likeness (QED) is 0.463. The maximum atomic E-state index is 6.48. The predicted molar refractivity (Wildman–Crippen MR) is 85.5 cm³/mol. The van der Waals surface area contributed by atoms with Crippen molar-refractivity contribution in [1.82, 2.24) is 4.98 Å². The summed E-state index contributed by atoms with van der Waals surface area (Å²) in [5.41, 5.74) is 9.25. The van der Waals surface area contributed by atoms with E-state index >= 15 is 0 Å². The van der Waals surface area contributed by atoms with E-state index in [1.165, 1.54) is 12.8 Å². The van der Waals surface area contributed by atoms with Gasteiger partial charge in [0, 0.05) is 11.6 Å². The van der Waals surface area contributed by atoms with Crippen LogP contribution in [0.5, 0.6) is 0 Å². The van der Waals surface area contributed by atoms with Gasteiger partial charge in [-0.15, -0.1) is 0 Å². The number of hydrogen-bond acceptors (Lipinski definition) is 3. The number of aromatic nitrogens is 1. The van der Waals surface area contributed by atoms with Crippen molar-refractivity contribution in [3.8, 4) is 0 Å². The summed E-state index contributed by atoms with van der Waals surface area (Å²) < 4.78 is 0. The standard InChI is InChI=1S/C17H21N3.2ClH.Fe/c1-2-3-4-10-17(18)11-9-14-8-7-13-6-5-12-19-15(13)16(14)20-17;;;/h5-9,11-12,20H,2-4,10,18H2,1H3;2*1H;/q;;;+2/p-2. The number of hydrogen-bond donors (Lipinski definition) is 2. The number of halogens is 2. The van der Waals surface area contributed by atoms with E-state index in [9.17, 15) is 0 Å². The second-order valence-electron chi connectivity index (χ2n) is 5.56. The van der Waals surface area contributed by atoms with Crippen LogP contribution in [0.2, 0.25) is 0 Å². The molecule has 1 unspecified atom stereocenters. The third kappa shape index (κ3) is 4.85. The zero-order valence-corrected chi connectivity index (χ0v) is 15.6. The third-order valence-corrected chi connectivity index (χ3v) is 3.92. The van der Waals surface area contributed by atoms with Crippen LogP contribution in [-0.2, 0) is 17.1 Å². The van der Waals surface area contributed by atoms with E-state index in [0.29, 0.717) is 0 Å². The first-order valence-electron chi connectivity index (χ1n) is 7.36. The Hall–Kier alpha value is -0.771. The summed E-state index contributed by atoms with van der Waals surface area (Å²) in [6, 6.07) is 8.27. The zero-order valence-electron chi connectivity index (χ0n) is 13.0. The Kier molecular flexibility index (Phi) is 9.19. The first-order chi connectivity index (χ1) is 9.72. The summed E-state index contributed by atoms with van der Waals surface area (Å²) in [5.74, 6) is 0. The summed E-state index contributed by atoms with van der Waals surface area (Å²) in [5, 5.41) is 4.65. The minimum atomic E-state index is -0.450. The molecule has 0 amide bonds. The number of nitrogens with one attached hydrogen (secondary N) is 1. The molecule has 2 heterocycles. The topological polar surface area (TPSA) is 50.9 Å². The summed E-state index contributed by atoms with van der Waals surface area (Å²) in [6.45, 7) is 2.21. The van der Waals surface area contributed by atoms with E-state index in [-0.39, 0.29) is 41.9 Å². The van der Waals surface area contributed by atoms with Gasteiger partial charge >= 0.3 is 17.1 Å². The van der Waals surface area contributed by atoms with E-state index < -0.39 is 5.66 Å². The summed E-state index contributed by atoms with van der Waals surface area (Å²) in [6.07, 6.45) is 10.5. The summed E-state index contributed by atoms with van der Waals surface area (Å²) >= 11 is 0. The van der Waals surface area contributed by atoms with Gasteiger partial charge in [-0.3, -0.25) is 4.98 Å². The second-order valence-corrected chi connectivity index (χ2v) is 5.56. The van der Waals surface area contributed by atoms with Crippen LogP contribution in [0.3, 0.4) is 0 Å². The molecule has 0 saturated heterocycles. The van der Waals surface area contributed by atoms with Gasteiger partial charge in [0.15, 0.2) is 0 Å². The van der Waals surface area contributed by atoms with E-state index in [1.54, 1.807) is 0 Å². The van der Waals surface area contributed by atoms with Crippen LogP contribution >= 0.6 is 0 Å². The molecule has 2 aromatic rings. The molecule has 3 N–H and O–H groups in total. The average molecular weight is 394 g/mol. The fourth-order valence-corrected chi connectivity index (χ4v) is 2.76. The van der Waals surface area contributed by atoms with Crippen molar-refractivity contribution >= 4 is 22.7 Å². The fourth-order valence-electron chi connectivity index (χ4n) is 2.76. The van der Waals surface area contributed by atoms with Crippen LogP contribution in [0.4, 0.5) is 5.69 Å². The number of benzene rings is 1. The van der Waals surface area contributed by atoms with Crippen LogP contribution in [0.15, 0.2) is 36.5 Å². The molecular weight excluding hydrogens is 373 g/mol. The Morgan fingerprint density at radius 3 is 2.70 bits per heavy atom. The van der Waals surface area contributed by atoms with E-state index in [2.05, 4.69) is 47.6 Å². The molecule has 126 valence electrons. The van der Waals surface area contributed by atoms with E-state index in [0.717, 1.165) is 35.0 Å². The Bertz CT molecular complexity index is 663. The molecule has 0 spiro atoms. The largest absolute Gasteiger partial charge is 2.00 e. The van der Waals surface area contributed by atoms with E-state index in [1.807, 2.05) is 12.3 Å². The van der Waals surface area contributed by atoms with Gasteiger partial charge in [0.25, 0.3) is 0 Å². The molecule has 1 aromatic heterocycles. The monoisotopic (exact) mass is 393 g/mol. The number of fused-ring (bicyclic) bond motifs is 3. The van der Waals surface area contributed by atoms with Crippen molar-refractivity contribution in [3.63, 3.8) is 0 Å². The Balaban J connectivity index is 0.00000161. The van der Waals surface area contributed by atoms with Gasteiger partial charge in [0.05, 0.1) is 11.2 Å². The van der Waals surface area contributed by atoms with Gasteiger partial charge in [0.1, 0.15) is 5.66 Å². The van der Waals surface area contributed by atoms with Crippen LogP contribution in [0.25, 0.3) is 17.0 Å². The van der Waals surface area contributed by atoms with Crippen molar-refractivity contribution in [1.29, 1.82) is 0 Å². The molecule has 0 aliphatic carbocycles. The fraction of sp³-hybridized carbons (Fsp3) is 0.353. The minimum absolute atomic E-state index is 0. The molecule has 3 nitrogen and oxygen atoms in total. The Morgan fingerprint density at radius 1 is 1.17 bits per heavy atom. The maximum absolute atomic E-state index is 6.48. The first-order valence-corrected chi connectivity index (χ1v) is 7.36. The van der Waals surface area contributed by atoms with Gasteiger partial charge in [-0.1, -0.05) is 44.0 Å². The van der Waals surface area contributed by atoms with Gasteiger partial charge in [-0.05, 0) is 30.5 Å². The van der Waals surface area contributed by atoms with Crippen molar-refractivity contribution in [2.75, 3.05) is 5.32 Å². The molecule has 0 bridgehead atoms. The Morgan fingerprint density at radius 2 is 1.96 bits per heavy atom. The second kappa shape index (κ2) is 9.51. The van der Waals surface area contributed by atoms with Crippen LogP contribution in [-0.4, -0.2) is 10.6 Å². The number of rotatable bonds is 4. The minimum Gasteiger partial charge on any atom is -1.00 e. The van der Waals surface area contributed by atoms with Crippen LogP contribution in [0, 0.1) is 0 Å². The molecule has 1 atom stereocenters. The number of unbranched alkanes of at least 4 members (excludes halogenated alkanes) is 2. The van der Waals surface area contributed by atoms with Gasteiger partial charge in [-0.25, -0.2) is 0 Å². The van der Waals surface area contributed by atoms with Gasteiger partial charge < -0.3 is 35.9 Å². The third-order valence-electron chi connectivity index (χ3n) is 3.92. The normalized spacial score (nSPS) is 18.0. The van der Waals surface area contributed by atoms with Crippen LogP contribution in [0.1, 0.15) is 38.2 Å². The van der Waals surface area contributed by atoms with Crippen molar-refractivity contribution in [2.24, 2.45) is 5.73 Å². The SMILES string of the molecule is CCCCCC1(N)C=Cc2ccc3cccnc3c2N1.[Cl-].[Cl-].[Fe+2]. The van der Waals surface area contributed by atoms with E-state index in [4.69, 9.17) is 5.73 Å². The molecule has 23 heavy (non-hydrogen) atoms. The molecule has 1 aliphatic rings. The van der Waals surface area contributed by atoms with Crippen molar-refractivity contribution < 1.29 is 41.9 Å². The zero-order chi connectivity index (χ0) is 14.0. The number of nitrogens with zero attached hydrogens (tertiary/aromatic N) is 1. The van der Waals surface area contributed by atoms with Gasteiger partial charge in [-0.2, -0.15) is 0 Å². The molecular formula is C17H21Cl2FeN3. The molecule has 3 rings (SSSR count). The molecule has 0 saturated carbocycles. The number of nitrogens with two attached hydrogens (primary N) is 1. The van der Waals surface area contributed by atoms with Crippen molar-refractivity contribution in [2.45, 2.75) is 38.3 Å². The Labute approximate surface area is 160 Å². The first kappa shape index (κ1) is 22.2. The number of anilines is 1. The smallest absolute Gasteiger partial charge is 1.00 e. The summed E-state index contributed by atoms with van der Waals surface area (Å²) in [4.78, 5) is 4.50.